The van der Waals surface area contributed by atoms with Gasteiger partial charge >= 0.3 is 0 Å². The Kier molecular flexibility index (Phi) is 2.52. The highest BCUT2D eigenvalue weighted by Gasteiger charge is 2.37. The third-order valence-electron chi connectivity index (χ3n) is 2.10. The lowest BCUT2D eigenvalue weighted by Crippen LogP contribution is -2.57. The van der Waals surface area contributed by atoms with Crippen molar-refractivity contribution >= 4 is 11.8 Å². The highest BCUT2D eigenvalue weighted by atomic mass is 16.2. The van der Waals surface area contributed by atoms with Gasteiger partial charge in [-0.1, -0.05) is 6.92 Å². The van der Waals surface area contributed by atoms with Gasteiger partial charge in [0.15, 0.2) is 0 Å². The average molecular weight is 183 g/mol. The molecular weight excluding hydrogens is 168 g/mol. The Hall–Kier alpha value is -1.16. The lowest BCUT2D eigenvalue weighted by Gasteiger charge is -2.34. The van der Waals surface area contributed by atoms with Crippen LogP contribution in [0.1, 0.15) is 13.3 Å². The Balaban J connectivity index is 2.82. The van der Waals surface area contributed by atoms with Gasteiger partial charge in [0.05, 0.1) is 14.1 Å². The van der Waals surface area contributed by atoms with E-state index in [2.05, 4.69) is 0 Å². The van der Waals surface area contributed by atoms with Crippen LogP contribution in [-0.4, -0.2) is 42.1 Å². The molecule has 2 amide bonds. The lowest BCUT2D eigenvalue weighted by atomic mass is 10.4. The van der Waals surface area contributed by atoms with Gasteiger partial charge in [-0.25, -0.2) is 4.59 Å². The van der Waals surface area contributed by atoms with E-state index in [0.717, 1.165) is 13.0 Å². The number of rotatable bonds is 3. The summed E-state index contributed by atoms with van der Waals surface area (Å²) in [7, 11) is 3.71. The van der Waals surface area contributed by atoms with Crippen LogP contribution in [-0.2, 0) is 9.59 Å². The van der Waals surface area contributed by atoms with Crippen LogP contribution in [0.4, 0.5) is 0 Å². The van der Waals surface area contributed by atoms with Gasteiger partial charge in [-0.3, -0.25) is 9.59 Å². The molecule has 1 heterocycles. The zero-order valence-corrected chi connectivity index (χ0v) is 8.28. The van der Waals surface area contributed by atoms with E-state index in [1.807, 2.05) is 21.0 Å². The molecular formula is C9H15N2O2+. The number of carbonyl (C=O) groups excluding carboxylic acids is 2. The molecule has 72 valence electrons. The van der Waals surface area contributed by atoms with Gasteiger partial charge in [0.25, 0.3) is 11.8 Å². The molecule has 0 atom stereocenters. The van der Waals surface area contributed by atoms with E-state index in [1.54, 1.807) is 0 Å². The molecule has 1 rings (SSSR count). The number of hydrogen-bond donors (Lipinski definition) is 0. The van der Waals surface area contributed by atoms with Gasteiger partial charge in [-0.2, -0.15) is 0 Å². The van der Waals surface area contributed by atoms with Crippen molar-refractivity contribution in [2.75, 3.05) is 20.6 Å². The molecule has 4 nitrogen and oxygen atoms in total. The highest BCUT2D eigenvalue weighted by molar-refractivity contribution is 6.11. The summed E-state index contributed by atoms with van der Waals surface area (Å²) in [4.78, 5) is 22.6. The topological polar surface area (TPSA) is 37.4 Å². The molecule has 0 bridgehead atoms. The number of hydrogen-bond acceptors (Lipinski definition) is 2. The summed E-state index contributed by atoms with van der Waals surface area (Å²) in [5, 5.41) is 1.27. The molecule has 0 spiro atoms. The summed E-state index contributed by atoms with van der Waals surface area (Å²) >= 11 is 0. The van der Waals surface area contributed by atoms with Crippen molar-refractivity contribution in [2.24, 2.45) is 0 Å². The predicted octanol–water partition coefficient (Wildman–Crippen LogP) is 0.313. The maximum Gasteiger partial charge on any atom is 0.300 e. The Morgan fingerprint density at radius 1 is 1.23 bits per heavy atom. The zero-order valence-electron chi connectivity index (χ0n) is 8.28. The first-order valence-electron chi connectivity index (χ1n) is 4.38. The molecule has 0 aromatic rings. The zero-order chi connectivity index (χ0) is 10.1. The molecule has 0 radical (unpaired) electrons. The predicted molar refractivity (Wildman–Crippen MR) is 48.3 cm³/mol. The Labute approximate surface area is 78.0 Å². The molecule has 0 saturated carbocycles. The summed E-state index contributed by atoms with van der Waals surface area (Å²) < 4.78 is 0.307. The molecule has 4 heteroatoms. The van der Waals surface area contributed by atoms with Crippen LogP contribution in [0.3, 0.4) is 0 Å². The molecule has 13 heavy (non-hydrogen) atoms. The fraction of sp³-hybridized carbons (Fsp3) is 0.556. The molecule has 1 aliphatic heterocycles. The normalized spacial score (nSPS) is 17.3. The smallest absolute Gasteiger partial charge is 0.264 e. The quantitative estimate of drug-likeness (QED) is 0.466. The molecule has 0 unspecified atom stereocenters. The first-order chi connectivity index (χ1) is 5.99. The van der Waals surface area contributed by atoms with E-state index in [9.17, 15) is 9.59 Å². The Morgan fingerprint density at radius 3 is 2.08 bits per heavy atom. The van der Waals surface area contributed by atoms with E-state index >= 15 is 0 Å². The standard InChI is InChI=1S/C9H15N2O2/c1-4-7-11(2,3)10-8(12)5-6-9(10)13/h5-6H,4,7H2,1-3H3/q+1. The third kappa shape index (κ3) is 1.78. The number of carbonyl (C=O) groups is 2. The summed E-state index contributed by atoms with van der Waals surface area (Å²) in [6, 6.07) is 0. The van der Waals surface area contributed by atoms with Crippen LogP contribution in [0, 0.1) is 0 Å². The third-order valence-corrected chi connectivity index (χ3v) is 2.10. The fourth-order valence-corrected chi connectivity index (χ4v) is 1.57. The SMILES string of the molecule is CCC[N+](C)(C)N1C(=O)C=CC1=O. The fourth-order valence-electron chi connectivity index (χ4n) is 1.57. The summed E-state index contributed by atoms with van der Waals surface area (Å²) in [6.45, 7) is 2.80. The second kappa shape index (κ2) is 3.30. The maximum absolute atomic E-state index is 11.3. The minimum atomic E-state index is -0.219. The van der Waals surface area contributed by atoms with Gasteiger partial charge in [0, 0.05) is 12.2 Å². The molecule has 0 fully saturated rings. The van der Waals surface area contributed by atoms with Gasteiger partial charge in [0.2, 0.25) is 0 Å². The van der Waals surface area contributed by atoms with Gasteiger partial charge < -0.3 is 0 Å². The van der Waals surface area contributed by atoms with Gasteiger partial charge in [0.1, 0.15) is 6.54 Å². The second-order valence-electron chi connectivity index (χ2n) is 3.67. The summed E-state index contributed by atoms with van der Waals surface area (Å²) in [5.41, 5.74) is 0. The molecule has 0 aromatic carbocycles. The number of nitrogens with zero attached hydrogens (tertiary/aromatic N) is 2. The largest absolute Gasteiger partial charge is 0.300 e. The van der Waals surface area contributed by atoms with Crippen LogP contribution in [0.25, 0.3) is 0 Å². The summed E-state index contributed by atoms with van der Waals surface area (Å²) in [6.07, 6.45) is 3.57. The van der Waals surface area contributed by atoms with E-state index in [1.165, 1.54) is 17.2 Å². The number of quaternary nitrogens is 1. The Bertz CT molecular complexity index is 251. The highest BCUT2D eigenvalue weighted by Crippen LogP contribution is 2.13. The molecule has 0 aliphatic carbocycles. The van der Waals surface area contributed by atoms with Crippen LogP contribution >= 0.6 is 0 Å². The minimum absolute atomic E-state index is 0.219. The molecule has 0 saturated heterocycles. The van der Waals surface area contributed by atoms with Crippen LogP contribution < -0.4 is 0 Å². The first kappa shape index (κ1) is 9.92. The van der Waals surface area contributed by atoms with E-state index in [0.29, 0.717) is 4.59 Å². The van der Waals surface area contributed by atoms with E-state index < -0.39 is 0 Å². The van der Waals surface area contributed by atoms with Crippen LogP contribution in [0.5, 0.6) is 0 Å². The maximum atomic E-state index is 11.3. The molecule has 0 aromatic heterocycles. The van der Waals surface area contributed by atoms with Crippen LogP contribution in [0.15, 0.2) is 12.2 Å². The minimum Gasteiger partial charge on any atom is -0.264 e. The van der Waals surface area contributed by atoms with Crippen molar-refractivity contribution in [1.29, 1.82) is 0 Å². The number of imide groups is 1. The average Bonchev–Trinajstić information content (AvgIpc) is 2.31. The molecule has 0 N–H and O–H groups in total. The van der Waals surface area contributed by atoms with Crippen molar-refractivity contribution in [3.8, 4) is 0 Å². The van der Waals surface area contributed by atoms with Crippen molar-refractivity contribution in [3.63, 3.8) is 0 Å². The number of amides is 2. The van der Waals surface area contributed by atoms with Crippen LogP contribution in [0.2, 0.25) is 0 Å². The van der Waals surface area contributed by atoms with Crippen molar-refractivity contribution in [1.82, 2.24) is 5.01 Å². The Morgan fingerprint density at radius 2 is 1.69 bits per heavy atom. The van der Waals surface area contributed by atoms with Crippen molar-refractivity contribution in [2.45, 2.75) is 13.3 Å². The second-order valence-corrected chi connectivity index (χ2v) is 3.67. The summed E-state index contributed by atoms with van der Waals surface area (Å²) in [5.74, 6) is -0.438. The molecule has 1 aliphatic rings. The van der Waals surface area contributed by atoms with Crippen molar-refractivity contribution < 1.29 is 14.2 Å². The monoisotopic (exact) mass is 183 g/mol. The lowest BCUT2D eigenvalue weighted by molar-refractivity contribution is -0.977. The first-order valence-corrected chi connectivity index (χ1v) is 4.38. The van der Waals surface area contributed by atoms with Crippen molar-refractivity contribution in [3.05, 3.63) is 12.2 Å². The van der Waals surface area contributed by atoms with Gasteiger partial charge in [-0.05, 0) is 6.42 Å². The van der Waals surface area contributed by atoms with E-state index in [4.69, 9.17) is 0 Å². The van der Waals surface area contributed by atoms with Gasteiger partial charge in [-0.15, -0.1) is 5.01 Å². The van der Waals surface area contributed by atoms with E-state index in [-0.39, 0.29) is 11.8 Å².